The predicted molar refractivity (Wildman–Crippen MR) is 183 cm³/mol. The molecule has 51 heavy (non-hydrogen) atoms. The monoisotopic (exact) mass is 696 g/mol. The molecule has 14 nitrogen and oxygen atoms in total. The van der Waals surface area contributed by atoms with Crippen molar-refractivity contribution in [2.45, 2.75) is 82.8 Å². The first-order chi connectivity index (χ1) is 24.7. The molecule has 2 aromatic rings. The number of carbonyl (C=O) groups is 6. The molecule has 1 atom stereocenters. The largest absolute Gasteiger partial charge is 0.328 e. The highest BCUT2D eigenvalue weighted by Gasteiger charge is 2.63. The quantitative estimate of drug-likeness (QED) is 0.399. The predicted octanol–water partition coefficient (Wildman–Crippen LogP) is 0.926. The van der Waals surface area contributed by atoms with Gasteiger partial charge in [-0.25, -0.2) is 0 Å². The molecule has 6 heterocycles. The van der Waals surface area contributed by atoms with Crippen molar-refractivity contribution < 1.29 is 28.8 Å². The van der Waals surface area contributed by atoms with Crippen LogP contribution < -0.4 is 11.1 Å². The smallest absolute Gasteiger partial charge is 0.295 e. The number of carbonyl (C=O) groups excluding carboxylic acids is 6. The number of fused-ring (bicyclic) bond motifs is 2. The molecule has 0 aliphatic carbocycles. The topological polar surface area (TPSA) is 160 Å². The molecule has 0 bridgehead atoms. The van der Waals surface area contributed by atoms with E-state index in [1.165, 1.54) is 9.80 Å². The van der Waals surface area contributed by atoms with Crippen LogP contribution in [0, 0.1) is 0 Å². The second-order valence-corrected chi connectivity index (χ2v) is 14.6. The molecule has 6 aliphatic rings. The maximum atomic E-state index is 15.2. The number of hydrogen-bond donors (Lipinski definition) is 2. The Morgan fingerprint density at radius 3 is 1.73 bits per heavy atom. The second kappa shape index (κ2) is 13.2. The zero-order valence-corrected chi connectivity index (χ0v) is 28.8. The maximum absolute atomic E-state index is 15.2. The van der Waals surface area contributed by atoms with E-state index in [1.807, 2.05) is 24.3 Å². The number of rotatable bonds is 7. The molecular weight excluding hydrogens is 652 g/mol. The van der Waals surface area contributed by atoms with Gasteiger partial charge in [0.05, 0.1) is 0 Å². The minimum absolute atomic E-state index is 0.00187. The van der Waals surface area contributed by atoms with E-state index < -0.39 is 41.1 Å². The SMILES string of the molecule is NC1CCN(Cc2cccc3c2CN(C2(N4Cc5c(CN6CCNCC6)cccc5C4=O)CCC(=O)N(N4C(=O)CCCC4=O)C2=O)C3=O)CC1. The Balaban J connectivity index is 1.20. The number of piperazine rings is 1. The molecule has 4 saturated heterocycles. The number of likely N-dealkylation sites (tertiary alicyclic amines) is 1. The minimum atomic E-state index is -1.97. The summed E-state index contributed by atoms with van der Waals surface area (Å²) in [6.45, 7) is 6.37. The van der Waals surface area contributed by atoms with Gasteiger partial charge < -0.3 is 20.9 Å². The van der Waals surface area contributed by atoms with Gasteiger partial charge in [-0.15, -0.1) is 0 Å². The van der Waals surface area contributed by atoms with Crippen molar-refractivity contribution in [2.75, 3.05) is 39.3 Å². The maximum Gasteiger partial charge on any atom is 0.295 e. The molecule has 0 radical (unpaired) electrons. The zero-order chi connectivity index (χ0) is 35.4. The van der Waals surface area contributed by atoms with Gasteiger partial charge in [0.25, 0.3) is 17.7 Å². The Labute approximate surface area is 296 Å². The Hall–Kier alpha value is -4.50. The molecular formula is C37H44N8O6. The van der Waals surface area contributed by atoms with Crippen molar-refractivity contribution in [1.82, 2.24) is 34.9 Å². The third kappa shape index (κ3) is 5.64. The van der Waals surface area contributed by atoms with Gasteiger partial charge in [-0.1, -0.05) is 24.3 Å². The lowest BCUT2D eigenvalue weighted by Gasteiger charge is -2.51. The van der Waals surface area contributed by atoms with Gasteiger partial charge >= 0.3 is 0 Å². The lowest BCUT2D eigenvalue weighted by molar-refractivity contribution is -0.197. The van der Waals surface area contributed by atoms with Gasteiger partial charge in [-0.05, 0) is 66.7 Å². The van der Waals surface area contributed by atoms with Crippen LogP contribution in [0.2, 0.25) is 0 Å². The molecule has 6 amide bonds. The van der Waals surface area contributed by atoms with Crippen molar-refractivity contribution in [3.8, 4) is 0 Å². The van der Waals surface area contributed by atoms with Crippen LogP contribution in [0.1, 0.15) is 87.9 Å². The lowest BCUT2D eigenvalue weighted by atomic mass is 9.92. The van der Waals surface area contributed by atoms with Crippen LogP contribution in [-0.4, -0.2) is 116 Å². The summed E-state index contributed by atoms with van der Waals surface area (Å²) in [5, 5.41) is 4.66. The van der Waals surface area contributed by atoms with E-state index in [1.54, 1.807) is 12.1 Å². The molecule has 2 aromatic carbocycles. The lowest BCUT2D eigenvalue weighted by Crippen LogP contribution is -2.74. The summed E-state index contributed by atoms with van der Waals surface area (Å²) < 4.78 is 0. The number of nitrogens with one attached hydrogen (secondary N) is 1. The Kier molecular flexibility index (Phi) is 8.73. The Bertz CT molecular complexity index is 1800. The number of benzene rings is 2. The van der Waals surface area contributed by atoms with Crippen molar-refractivity contribution in [1.29, 1.82) is 0 Å². The average Bonchev–Trinajstić information content (AvgIpc) is 3.66. The van der Waals surface area contributed by atoms with E-state index >= 15 is 4.79 Å². The van der Waals surface area contributed by atoms with Gasteiger partial charge in [-0.2, -0.15) is 10.0 Å². The van der Waals surface area contributed by atoms with Gasteiger partial charge in [0.15, 0.2) is 0 Å². The van der Waals surface area contributed by atoms with E-state index in [0.29, 0.717) is 40.7 Å². The van der Waals surface area contributed by atoms with E-state index in [9.17, 15) is 24.0 Å². The van der Waals surface area contributed by atoms with Crippen LogP contribution in [0.15, 0.2) is 36.4 Å². The average molecular weight is 697 g/mol. The normalized spacial score (nSPS) is 25.4. The Morgan fingerprint density at radius 2 is 1.18 bits per heavy atom. The number of nitrogens with zero attached hydrogens (tertiary/aromatic N) is 6. The van der Waals surface area contributed by atoms with Crippen molar-refractivity contribution in [3.05, 3.63) is 69.8 Å². The molecule has 0 aromatic heterocycles. The fourth-order valence-corrected chi connectivity index (χ4v) is 8.74. The van der Waals surface area contributed by atoms with Crippen LogP contribution in [-0.2, 0) is 45.4 Å². The molecule has 6 aliphatic heterocycles. The van der Waals surface area contributed by atoms with Crippen molar-refractivity contribution >= 4 is 35.4 Å². The number of imide groups is 2. The third-order valence-corrected chi connectivity index (χ3v) is 11.6. The van der Waals surface area contributed by atoms with Crippen molar-refractivity contribution in [3.63, 3.8) is 0 Å². The Morgan fingerprint density at radius 1 is 0.667 bits per heavy atom. The highest BCUT2D eigenvalue weighted by molar-refractivity contribution is 6.13. The molecule has 268 valence electrons. The van der Waals surface area contributed by atoms with E-state index in [4.69, 9.17) is 5.73 Å². The van der Waals surface area contributed by atoms with E-state index in [2.05, 4.69) is 15.1 Å². The summed E-state index contributed by atoms with van der Waals surface area (Å²) in [5.74, 6) is -3.82. The van der Waals surface area contributed by atoms with E-state index in [0.717, 1.165) is 74.4 Å². The molecule has 3 N–H and O–H groups in total. The van der Waals surface area contributed by atoms with Gasteiger partial charge in [0.2, 0.25) is 23.4 Å². The van der Waals surface area contributed by atoms with Gasteiger partial charge in [0, 0.05) is 95.2 Å². The summed E-state index contributed by atoms with van der Waals surface area (Å²) in [6, 6.07) is 11.3. The zero-order valence-electron chi connectivity index (χ0n) is 28.8. The fourth-order valence-electron chi connectivity index (χ4n) is 8.74. The number of amides is 6. The van der Waals surface area contributed by atoms with Crippen LogP contribution in [0.3, 0.4) is 0 Å². The minimum Gasteiger partial charge on any atom is -0.328 e. The molecule has 4 fully saturated rings. The molecule has 0 saturated carbocycles. The van der Waals surface area contributed by atoms with E-state index in [-0.39, 0.29) is 44.8 Å². The van der Waals surface area contributed by atoms with Gasteiger partial charge in [-0.3, -0.25) is 38.6 Å². The molecule has 8 rings (SSSR count). The fraction of sp³-hybridized carbons (Fsp3) is 0.514. The number of hydrogen-bond acceptors (Lipinski definition) is 10. The first kappa shape index (κ1) is 33.6. The highest BCUT2D eigenvalue weighted by Crippen LogP contribution is 2.44. The first-order valence-corrected chi connectivity index (χ1v) is 18.2. The summed E-state index contributed by atoms with van der Waals surface area (Å²) in [5.41, 5.74) is 8.50. The summed E-state index contributed by atoms with van der Waals surface area (Å²) in [6.07, 6.45) is 1.65. The molecule has 1 unspecified atom stereocenters. The first-order valence-electron chi connectivity index (χ1n) is 18.2. The number of nitrogens with two attached hydrogens (primary N) is 1. The third-order valence-electron chi connectivity index (χ3n) is 11.6. The van der Waals surface area contributed by atoms with Crippen LogP contribution in [0.25, 0.3) is 0 Å². The summed E-state index contributed by atoms with van der Waals surface area (Å²) in [7, 11) is 0. The van der Waals surface area contributed by atoms with Gasteiger partial charge in [0.1, 0.15) is 0 Å². The molecule has 14 heteroatoms. The number of piperidine rings is 3. The van der Waals surface area contributed by atoms with Crippen LogP contribution >= 0.6 is 0 Å². The van der Waals surface area contributed by atoms with Crippen molar-refractivity contribution in [2.24, 2.45) is 5.73 Å². The second-order valence-electron chi connectivity index (χ2n) is 14.6. The number of hydrazine groups is 1. The highest BCUT2D eigenvalue weighted by atomic mass is 16.2. The van der Waals surface area contributed by atoms with Crippen LogP contribution in [0.4, 0.5) is 0 Å². The molecule has 0 spiro atoms. The van der Waals surface area contributed by atoms with Crippen LogP contribution in [0.5, 0.6) is 0 Å². The summed E-state index contributed by atoms with van der Waals surface area (Å²) >= 11 is 0. The standard InChI is InChI=1S/C37H44N8O6/c38-26-11-16-40(17-12-26)20-24-4-1-6-27-29(24)22-42(34(27)49)37(13-10-33(48)45(36(37)51)44-31(46)8-3-9-32(44)47)43-23-30-25(5-2-7-28(30)35(43)50)21-41-18-14-39-15-19-41/h1-2,4-7,26,39H,3,8-23,38H2. The summed E-state index contributed by atoms with van der Waals surface area (Å²) in [4.78, 5) is 91.9.